The third kappa shape index (κ3) is 4.54. The number of benzene rings is 1. The van der Waals surface area contributed by atoms with Crippen LogP contribution in [0.4, 0.5) is 0 Å². The second-order valence-corrected chi connectivity index (χ2v) is 7.46. The Labute approximate surface area is 160 Å². The fraction of sp³-hybridized carbons (Fsp3) is 0.409. The number of aromatic nitrogens is 3. The third-order valence-corrected chi connectivity index (χ3v) is 4.88. The molecule has 2 heterocycles. The van der Waals surface area contributed by atoms with Gasteiger partial charge in [-0.15, -0.1) is 0 Å². The summed E-state index contributed by atoms with van der Waals surface area (Å²) in [6, 6.07) is 12.1. The van der Waals surface area contributed by atoms with Gasteiger partial charge in [0.05, 0.1) is 5.69 Å². The Hall–Kier alpha value is -2.69. The lowest BCUT2D eigenvalue weighted by Gasteiger charge is -2.11. The summed E-state index contributed by atoms with van der Waals surface area (Å²) in [5, 5.41) is 7.74. The molecule has 0 saturated heterocycles. The monoisotopic (exact) mass is 364 g/mol. The minimum Gasteiger partial charge on any atom is -0.356 e. The second-order valence-electron chi connectivity index (χ2n) is 7.46. The highest BCUT2D eigenvalue weighted by molar-refractivity contribution is 5.76. The third-order valence-electron chi connectivity index (χ3n) is 4.88. The van der Waals surface area contributed by atoms with E-state index in [4.69, 9.17) is 10.1 Å². The van der Waals surface area contributed by atoms with Crippen LogP contribution in [0.25, 0.3) is 16.9 Å². The van der Waals surface area contributed by atoms with E-state index >= 15 is 0 Å². The first-order valence-electron chi connectivity index (χ1n) is 9.63. The summed E-state index contributed by atoms with van der Waals surface area (Å²) in [4.78, 5) is 16.8. The SMILES string of the molecule is Cc1nc2cc(-c3ccccc3)nn2c(C)c1CCC(=O)NCCC(C)C. The maximum Gasteiger partial charge on any atom is 0.220 e. The molecule has 0 radical (unpaired) electrons. The first-order chi connectivity index (χ1) is 13.0. The van der Waals surface area contributed by atoms with Gasteiger partial charge in [0, 0.05) is 36.0 Å². The molecule has 1 N–H and O–H groups in total. The first kappa shape index (κ1) is 19.1. The van der Waals surface area contributed by atoms with Crippen LogP contribution in [0.15, 0.2) is 36.4 Å². The van der Waals surface area contributed by atoms with Gasteiger partial charge >= 0.3 is 0 Å². The average Bonchev–Trinajstić information content (AvgIpc) is 3.06. The zero-order valence-electron chi connectivity index (χ0n) is 16.6. The number of hydrogen-bond donors (Lipinski definition) is 1. The van der Waals surface area contributed by atoms with Crippen molar-refractivity contribution >= 4 is 11.6 Å². The van der Waals surface area contributed by atoms with Crippen molar-refractivity contribution in [1.29, 1.82) is 0 Å². The highest BCUT2D eigenvalue weighted by Gasteiger charge is 2.14. The van der Waals surface area contributed by atoms with E-state index in [-0.39, 0.29) is 5.91 Å². The molecule has 1 aromatic carbocycles. The predicted molar refractivity (Wildman–Crippen MR) is 109 cm³/mol. The van der Waals surface area contributed by atoms with Crippen LogP contribution in [0.2, 0.25) is 0 Å². The van der Waals surface area contributed by atoms with Crippen LogP contribution in [0.3, 0.4) is 0 Å². The Morgan fingerprint density at radius 3 is 2.63 bits per heavy atom. The Morgan fingerprint density at radius 1 is 1.19 bits per heavy atom. The number of amides is 1. The number of carbonyl (C=O) groups excluding carboxylic acids is 1. The van der Waals surface area contributed by atoms with Gasteiger partial charge in [0.2, 0.25) is 5.91 Å². The quantitative estimate of drug-likeness (QED) is 0.686. The van der Waals surface area contributed by atoms with Crippen LogP contribution in [0, 0.1) is 19.8 Å². The minimum atomic E-state index is 0.0972. The van der Waals surface area contributed by atoms with Crippen molar-refractivity contribution in [3.63, 3.8) is 0 Å². The van der Waals surface area contributed by atoms with Crippen molar-refractivity contribution in [3.05, 3.63) is 53.3 Å². The number of aryl methyl sites for hydroxylation is 2. The van der Waals surface area contributed by atoms with E-state index in [1.807, 2.05) is 47.8 Å². The van der Waals surface area contributed by atoms with Crippen molar-refractivity contribution < 1.29 is 4.79 Å². The van der Waals surface area contributed by atoms with E-state index in [0.29, 0.717) is 18.8 Å². The number of nitrogens with zero attached hydrogens (tertiary/aromatic N) is 3. The van der Waals surface area contributed by atoms with Crippen LogP contribution in [0.1, 0.15) is 43.6 Å². The number of hydrogen-bond acceptors (Lipinski definition) is 3. The maximum atomic E-state index is 12.1. The summed E-state index contributed by atoms with van der Waals surface area (Å²) in [6.45, 7) is 9.12. The largest absolute Gasteiger partial charge is 0.356 e. The molecule has 27 heavy (non-hydrogen) atoms. The van der Waals surface area contributed by atoms with Gasteiger partial charge in [-0.1, -0.05) is 44.2 Å². The standard InChI is InChI=1S/C22H28N4O/c1-15(2)12-13-23-22(27)11-10-19-16(3)24-21-14-20(25-26(21)17(19)4)18-8-6-5-7-9-18/h5-9,14-15H,10-13H2,1-4H3,(H,23,27). The molecule has 5 heteroatoms. The van der Waals surface area contributed by atoms with Gasteiger partial charge in [0.25, 0.3) is 0 Å². The molecule has 0 fully saturated rings. The van der Waals surface area contributed by atoms with Crippen LogP contribution in [0.5, 0.6) is 0 Å². The zero-order chi connectivity index (χ0) is 19.4. The molecule has 2 aromatic heterocycles. The van der Waals surface area contributed by atoms with Crippen molar-refractivity contribution in [2.45, 2.75) is 47.0 Å². The van der Waals surface area contributed by atoms with Gasteiger partial charge in [0.1, 0.15) is 0 Å². The summed E-state index contributed by atoms with van der Waals surface area (Å²) in [6.07, 6.45) is 2.15. The molecule has 5 nitrogen and oxygen atoms in total. The smallest absolute Gasteiger partial charge is 0.220 e. The van der Waals surface area contributed by atoms with Gasteiger partial charge in [0.15, 0.2) is 5.65 Å². The van der Waals surface area contributed by atoms with E-state index in [2.05, 4.69) is 26.1 Å². The lowest BCUT2D eigenvalue weighted by Crippen LogP contribution is -2.25. The molecule has 1 amide bonds. The van der Waals surface area contributed by atoms with Gasteiger partial charge in [-0.3, -0.25) is 4.79 Å². The topological polar surface area (TPSA) is 59.3 Å². The van der Waals surface area contributed by atoms with Crippen LogP contribution in [-0.4, -0.2) is 27.0 Å². The van der Waals surface area contributed by atoms with Crippen molar-refractivity contribution in [2.24, 2.45) is 5.92 Å². The molecule has 0 aliphatic carbocycles. The highest BCUT2D eigenvalue weighted by Crippen LogP contribution is 2.22. The fourth-order valence-electron chi connectivity index (χ4n) is 3.27. The lowest BCUT2D eigenvalue weighted by molar-refractivity contribution is -0.121. The molecule has 0 aliphatic heterocycles. The summed E-state index contributed by atoms with van der Waals surface area (Å²) >= 11 is 0. The van der Waals surface area contributed by atoms with E-state index in [9.17, 15) is 4.79 Å². The summed E-state index contributed by atoms with van der Waals surface area (Å²) in [5.74, 6) is 0.694. The number of carbonyl (C=O) groups is 1. The summed E-state index contributed by atoms with van der Waals surface area (Å²) in [7, 11) is 0. The number of nitrogens with one attached hydrogen (secondary N) is 1. The molecule has 3 aromatic rings. The minimum absolute atomic E-state index is 0.0972. The molecule has 0 unspecified atom stereocenters. The second kappa shape index (κ2) is 8.33. The van der Waals surface area contributed by atoms with Crippen molar-refractivity contribution in [1.82, 2.24) is 19.9 Å². The molecule has 3 rings (SSSR count). The Bertz CT molecular complexity index is 928. The fourth-order valence-corrected chi connectivity index (χ4v) is 3.27. The van der Waals surface area contributed by atoms with Crippen LogP contribution >= 0.6 is 0 Å². The summed E-state index contributed by atoms with van der Waals surface area (Å²) in [5.41, 5.74) is 5.95. The van der Waals surface area contributed by atoms with Gasteiger partial charge in [-0.25, -0.2) is 9.50 Å². The van der Waals surface area contributed by atoms with Crippen molar-refractivity contribution in [3.8, 4) is 11.3 Å². The first-order valence-corrected chi connectivity index (χ1v) is 9.63. The van der Waals surface area contributed by atoms with Gasteiger partial charge in [-0.05, 0) is 38.2 Å². The Balaban J connectivity index is 1.77. The van der Waals surface area contributed by atoms with Crippen molar-refractivity contribution in [2.75, 3.05) is 6.54 Å². The Morgan fingerprint density at radius 2 is 1.93 bits per heavy atom. The average molecular weight is 364 g/mol. The van der Waals surface area contributed by atoms with E-state index in [0.717, 1.165) is 46.8 Å². The molecule has 0 bridgehead atoms. The predicted octanol–water partition coefficient (Wildman–Crippen LogP) is 4.11. The lowest BCUT2D eigenvalue weighted by atomic mass is 10.1. The molecular weight excluding hydrogens is 336 g/mol. The van der Waals surface area contributed by atoms with Gasteiger partial charge in [-0.2, -0.15) is 5.10 Å². The molecule has 0 aliphatic rings. The molecular formula is C22H28N4O. The van der Waals surface area contributed by atoms with E-state index in [1.54, 1.807) is 0 Å². The van der Waals surface area contributed by atoms with E-state index in [1.165, 1.54) is 0 Å². The highest BCUT2D eigenvalue weighted by atomic mass is 16.1. The number of rotatable bonds is 7. The van der Waals surface area contributed by atoms with Crippen LogP contribution in [-0.2, 0) is 11.2 Å². The summed E-state index contributed by atoms with van der Waals surface area (Å²) < 4.78 is 1.89. The Kier molecular flexibility index (Phi) is 5.89. The zero-order valence-corrected chi connectivity index (χ0v) is 16.6. The number of fused-ring (bicyclic) bond motifs is 1. The maximum absolute atomic E-state index is 12.1. The molecule has 142 valence electrons. The van der Waals surface area contributed by atoms with Gasteiger partial charge < -0.3 is 5.32 Å². The molecule has 0 atom stereocenters. The molecule has 0 saturated carbocycles. The normalized spacial score (nSPS) is 11.3. The molecule has 0 spiro atoms. The van der Waals surface area contributed by atoms with E-state index < -0.39 is 0 Å². The van der Waals surface area contributed by atoms with Crippen LogP contribution < -0.4 is 5.32 Å².